The minimum Gasteiger partial charge on any atom is -0.349 e. The van der Waals surface area contributed by atoms with Gasteiger partial charge in [-0.15, -0.1) is 11.3 Å². The van der Waals surface area contributed by atoms with E-state index in [-0.39, 0.29) is 17.9 Å². The van der Waals surface area contributed by atoms with Gasteiger partial charge in [0.1, 0.15) is 11.5 Å². The number of aryl methyl sites for hydroxylation is 2. The summed E-state index contributed by atoms with van der Waals surface area (Å²) in [7, 11) is 0. The topological polar surface area (TPSA) is 92.5 Å². The summed E-state index contributed by atoms with van der Waals surface area (Å²) in [6.45, 7) is 5.01. The van der Waals surface area contributed by atoms with Crippen LogP contribution in [0.4, 0.5) is 0 Å². The van der Waals surface area contributed by atoms with Crippen LogP contribution in [-0.2, 0) is 6.42 Å². The second-order valence-electron chi connectivity index (χ2n) is 9.28. The first-order chi connectivity index (χ1) is 17.0. The van der Waals surface area contributed by atoms with Gasteiger partial charge in [-0.1, -0.05) is 37.3 Å². The Labute approximate surface area is 207 Å². The van der Waals surface area contributed by atoms with E-state index in [0.29, 0.717) is 47.7 Å². The van der Waals surface area contributed by atoms with E-state index < -0.39 is 0 Å². The molecule has 35 heavy (non-hydrogen) atoms. The lowest BCUT2D eigenvalue weighted by atomic mass is 10.0. The molecule has 9 heteroatoms. The van der Waals surface area contributed by atoms with E-state index in [4.69, 9.17) is 0 Å². The molecule has 2 aliphatic rings. The van der Waals surface area contributed by atoms with E-state index in [1.54, 1.807) is 12.4 Å². The van der Waals surface area contributed by atoms with E-state index in [1.165, 1.54) is 11.3 Å². The number of nitrogens with zero attached hydrogens (tertiary/aromatic N) is 5. The Kier molecular flexibility index (Phi) is 5.36. The summed E-state index contributed by atoms with van der Waals surface area (Å²) in [5, 5.41) is 5.13. The fourth-order valence-electron chi connectivity index (χ4n) is 5.22. The van der Waals surface area contributed by atoms with Crippen molar-refractivity contribution in [2.45, 2.75) is 32.7 Å². The normalized spacial score (nSPS) is 20.7. The van der Waals surface area contributed by atoms with Crippen LogP contribution in [0.15, 0.2) is 48.1 Å². The average molecular weight is 487 g/mol. The molecule has 3 aromatic heterocycles. The molecule has 2 amide bonds. The van der Waals surface area contributed by atoms with Crippen LogP contribution in [-0.4, -0.2) is 55.2 Å². The number of rotatable bonds is 6. The Bertz CT molecular complexity index is 1430. The van der Waals surface area contributed by atoms with Crippen molar-refractivity contribution in [1.82, 2.24) is 29.6 Å². The SMILES string of the molecule is CCc1csc2ncc(C(=O)NC[C@@H]3[C@H]4C[C@H]4CN3C(=O)c3cnc(C)nc3-c3ccccc3)n12. The van der Waals surface area contributed by atoms with Crippen molar-refractivity contribution in [3.63, 3.8) is 0 Å². The van der Waals surface area contributed by atoms with Crippen LogP contribution in [0.25, 0.3) is 16.2 Å². The number of benzene rings is 1. The molecule has 4 heterocycles. The highest BCUT2D eigenvalue weighted by molar-refractivity contribution is 7.15. The minimum atomic E-state index is -0.161. The minimum absolute atomic E-state index is 0.0436. The number of thiazole rings is 1. The maximum absolute atomic E-state index is 13.7. The fourth-order valence-corrected chi connectivity index (χ4v) is 6.17. The summed E-state index contributed by atoms with van der Waals surface area (Å²) in [5.74, 6) is 1.31. The summed E-state index contributed by atoms with van der Waals surface area (Å²) in [6, 6.07) is 9.69. The molecule has 2 fully saturated rings. The molecule has 0 bridgehead atoms. The maximum atomic E-state index is 13.7. The summed E-state index contributed by atoms with van der Waals surface area (Å²) in [5.41, 5.74) is 3.66. The van der Waals surface area contributed by atoms with Crippen LogP contribution < -0.4 is 5.32 Å². The molecule has 0 radical (unpaired) electrons. The highest BCUT2D eigenvalue weighted by Gasteiger charge is 2.54. The van der Waals surface area contributed by atoms with Crippen LogP contribution >= 0.6 is 11.3 Å². The molecule has 6 rings (SSSR count). The molecule has 1 saturated carbocycles. The smallest absolute Gasteiger partial charge is 0.270 e. The van der Waals surface area contributed by atoms with Crippen molar-refractivity contribution in [1.29, 1.82) is 0 Å². The first kappa shape index (κ1) is 21.9. The van der Waals surface area contributed by atoms with Gasteiger partial charge in [-0.25, -0.2) is 15.0 Å². The number of piperidine rings is 1. The van der Waals surface area contributed by atoms with E-state index in [2.05, 4.69) is 27.2 Å². The van der Waals surface area contributed by atoms with Gasteiger partial charge in [-0.2, -0.15) is 0 Å². The van der Waals surface area contributed by atoms with Crippen molar-refractivity contribution in [3.8, 4) is 11.3 Å². The third-order valence-corrected chi connectivity index (χ3v) is 8.02. The Balaban J connectivity index is 1.24. The third kappa shape index (κ3) is 3.80. The quantitative estimate of drug-likeness (QED) is 0.449. The lowest BCUT2D eigenvalue weighted by Gasteiger charge is -2.28. The van der Waals surface area contributed by atoms with Gasteiger partial charge in [0.2, 0.25) is 0 Å². The predicted octanol–water partition coefficient (Wildman–Crippen LogP) is 3.61. The second-order valence-corrected chi connectivity index (χ2v) is 10.1. The molecule has 1 aliphatic carbocycles. The van der Waals surface area contributed by atoms with Crippen molar-refractivity contribution < 1.29 is 9.59 Å². The summed E-state index contributed by atoms with van der Waals surface area (Å²) in [6.07, 6.45) is 5.20. The molecular formula is C26H26N6O2S. The zero-order valence-corrected chi connectivity index (χ0v) is 20.5. The van der Waals surface area contributed by atoms with Gasteiger partial charge in [-0.05, 0) is 31.6 Å². The number of hydrogen-bond acceptors (Lipinski definition) is 6. The number of hydrogen-bond donors (Lipinski definition) is 1. The molecule has 1 N–H and O–H groups in total. The van der Waals surface area contributed by atoms with Crippen LogP contribution in [0.2, 0.25) is 0 Å². The number of fused-ring (bicyclic) bond motifs is 2. The molecule has 1 aromatic carbocycles. The Morgan fingerprint density at radius 2 is 2.00 bits per heavy atom. The molecule has 0 unspecified atom stereocenters. The van der Waals surface area contributed by atoms with Crippen molar-refractivity contribution >= 4 is 28.1 Å². The molecule has 178 valence electrons. The zero-order valence-electron chi connectivity index (χ0n) is 19.6. The van der Waals surface area contributed by atoms with Crippen molar-refractivity contribution in [2.24, 2.45) is 11.8 Å². The third-order valence-electron chi connectivity index (χ3n) is 7.13. The number of likely N-dealkylation sites (tertiary alicyclic amines) is 1. The molecule has 1 saturated heterocycles. The number of amides is 2. The monoisotopic (exact) mass is 486 g/mol. The largest absolute Gasteiger partial charge is 0.349 e. The number of aromatic nitrogens is 4. The number of carbonyl (C=O) groups is 2. The standard InChI is InChI=1S/C26H26N6O2S/c1-3-18-14-35-26-29-12-22(32(18)26)24(33)28-11-21-19-9-17(19)13-31(21)25(34)20-10-27-15(2)30-23(20)16-7-5-4-6-8-16/h4-8,10,12,14,17,19,21H,3,9,11,13H2,1-2H3,(H,28,33)/t17-,19-,21+/m0/s1. The van der Waals surface area contributed by atoms with Crippen LogP contribution in [0.1, 0.15) is 45.7 Å². The van der Waals surface area contributed by atoms with E-state index >= 15 is 0 Å². The Hall–Kier alpha value is -3.59. The number of nitrogens with one attached hydrogen (secondary N) is 1. The Morgan fingerprint density at radius 1 is 1.17 bits per heavy atom. The molecule has 3 atom stereocenters. The van der Waals surface area contributed by atoms with E-state index in [0.717, 1.165) is 29.1 Å². The van der Waals surface area contributed by atoms with Gasteiger partial charge in [0.15, 0.2) is 4.96 Å². The van der Waals surface area contributed by atoms with Crippen LogP contribution in [0.5, 0.6) is 0 Å². The lowest BCUT2D eigenvalue weighted by Crippen LogP contribution is -2.46. The van der Waals surface area contributed by atoms with Crippen LogP contribution in [0.3, 0.4) is 0 Å². The van der Waals surface area contributed by atoms with Gasteiger partial charge >= 0.3 is 0 Å². The second kappa shape index (κ2) is 8.57. The molecule has 4 aromatic rings. The van der Waals surface area contributed by atoms with Crippen molar-refractivity contribution in [3.05, 3.63) is 70.9 Å². The molecule has 0 spiro atoms. The maximum Gasteiger partial charge on any atom is 0.270 e. The van der Waals surface area contributed by atoms with Gasteiger partial charge in [0.25, 0.3) is 11.8 Å². The van der Waals surface area contributed by atoms with Gasteiger partial charge in [0, 0.05) is 35.9 Å². The van der Waals surface area contributed by atoms with Gasteiger partial charge in [-0.3, -0.25) is 14.0 Å². The summed E-state index contributed by atoms with van der Waals surface area (Å²) >= 11 is 1.54. The highest BCUT2D eigenvalue weighted by atomic mass is 32.1. The summed E-state index contributed by atoms with van der Waals surface area (Å²) in [4.78, 5) is 42.9. The first-order valence-electron chi connectivity index (χ1n) is 12.0. The van der Waals surface area contributed by atoms with Gasteiger partial charge in [0.05, 0.1) is 23.5 Å². The van der Waals surface area contributed by atoms with E-state index in [1.807, 2.05) is 51.9 Å². The fraction of sp³-hybridized carbons (Fsp3) is 0.346. The van der Waals surface area contributed by atoms with Crippen molar-refractivity contribution in [2.75, 3.05) is 13.1 Å². The number of imidazole rings is 1. The Morgan fingerprint density at radius 3 is 2.80 bits per heavy atom. The zero-order chi connectivity index (χ0) is 24.1. The molecule has 8 nitrogen and oxygen atoms in total. The molecule has 1 aliphatic heterocycles. The molecular weight excluding hydrogens is 460 g/mol. The van der Waals surface area contributed by atoms with E-state index in [9.17, 15) is 9.59 Å². The first-order valence-corrected chi connectivity index (χ1v) is 12.8. The van der Waals surface area contributed by atoms with Crippen LogP contribution in [0, 0.1) is 18.8 Å². The number of carbonyl (C=O) groups excluding carboxylic acids is 2. The average Bonchev–Trinajstić information content (AvgIpc) is 3.19. The highest BCUT2D eigenvalue weighted by Crippen LogP contribution is 2.49. The predicted molar refractivity (Wildman–Crippen MR) is 133 cm³/mol. The van der Waals surface area contributed by atoms with Gasteiger partial charge < -0.3 is 10.2 Å². The lowest BCUT2D eigenvalue weighted by molar-refractivity contribution is 0.0694. The summed E-state index contributed by atoms with van der Waals surface area (Å²) < 4.78 is 1.92.